The topological polar surface area (TPSA) is 17.1 Å². The molecule has 1 nitrogen and oxygen atoms in total. The van der Waals surface area contributed by atoms with Gasteiger partial charge in [-0.2, -0.15) is 0 Å². The van der Waals surface area contributed by atoms with Crippen molar-refractivity contribution in [2.45, 2.75) is 50.9 Å². The Balaban J connectivity index is 2.19. The number of Topliss-reactive ketones (excluding diaryl/α,β-unsaturated/α-hetero) is 1. The third-order valence-corrected chi connectivity index (χ3v) is 3.77. The average Bonchev–Trinajstić information content (AvgIpc) is 2.40. The number of ketones is 1. The molecular formula is C15H18F2O. The summed E-state index contributed by atoms with van der Waals surface area (Å²) in [4.78, 5) is 11.2. The molecule has 0 atom stereocenters. The van der Waals surface area contributed by atoms with Gasteiger partial charge in [-0.25, -0.2) is 8.78 Å². The van der Waals surface area contributed by atoms with Gasteiger partial charge in [-0.1, -0.05) is 25.1 Å². The van der Waals surface area contributed by atoms with E-state index in [1.165, 1.54) is 13.0 Å². The molecule has 98 valence electrons. The Morgan fingerprint density at radius 2 is 1.94 bits per heavy atom. The van der Waals surface area contributed by atoms with Gasteiger partial charge in [0.25, 0.3) is 5.92 Å². The standard InChI is InChI=1S/C15H18F2O/c1-2-15(16,17)13-5-3-4-12(10-13)11-6-8-14(18)9-7-11/h3-5,10-11H,2,6-9H2,1H3. The van der Waals surface area contributed by atoms with Gasteiger partial charge in [0.05, 0.1) is 0 Å². The van der Waals surface area contributed by atoms with E-state index in [1.807, 2.05) is 6.07 Å². The molecule has 0 saturated heterocycles. The lowest BCUT2D eigenvalue weighted by Gasteiger charge is -2.23. The van der Waals surface area contributed by atoms with Crippen LogP contribution in [0.3, 0.4) is 0 Å². The number of halogens is 2. The first-order valence-corrected chi connectivity index (χ1v) is 6.53. The van der Waals surface area contributed by atoms with E-state index in [0.29, 0.717) is 18.6 Å². The van der Waals surface area contributed by atoms with Gasteiger partial charge in [0, 0.05) is 24.8 Å². The van der Waals surface area contributed by atoms with Crippen LogP contribution in [-0.4, -0.2) is 5.78 Å². The van der Waals surface area contributed by atoms with Crippen LogP contribution in [0.4, 0.5) is 8.78 Å². The zero-order valence-electron chi connectivity index (χ0n) is 10.6. The van der Waals surface area contributed by atoms with Crippen LogP contribution in [0.5, 0.6) is 0 Å². The first-order valence-electron chi connectivity index (χ1n) is 6.53. The molecule has 1 aliphatic carbocycles. The summed E-state index contributed by atoms with van der Waals surface area (Å²) < 4.78 is 27.3. The second-order valence-electron chi connectivity index (χ2n) is 5.00. The largest absolute Gasteiger partial charge is 0.300 e. The predicted molar refractivity (Wildman–Crippen MR) is 66.8 cm³/mol. The van der Waals surface area contributed by atoms with E-state index >= 15 is 0 Å². The Hall–Kier alpha value is -1.25. The smallest absolute Gasteiger partial charge is 0.273 e. The number of alkyl halides is 2. The van der Waals surface area contributed by atoms with Gasteiger partial charge in [-0.05, 0) is 30.4 Å². The maximum Gasteiger partial charge on any atom is 0.273 e. The van der Waals surface area contributed by atoms with E-state index in [-0.39, 0.29) is 17.9 Å². The van der Waals surface area contributed by atoms with Crippen LogP contribution in [0, 0.1) is 0 Å². The van der Waals surface area contributed by atoms with Gasteiger partial charge in [0.2, 0.25) is 0 Å². The summed E-state index contributed by atoms with van der Waals surface area (Å²) in [5.74, 6) is -2.20. The molecule has 1 aliphatic rings. The summed E-state index contributed by atoms with van der Waals surface area (Å²) in [7, 11) is 0. The Morgan fingerprint density at radius 1 is 1.28 bits per heavy atom. The highest BCUT2D eigenvalue weighted by molar-refractivity contribution is 5.79. The van der Waals surface area contributed by atoms with E-state index in [9.17, 15) is 13.6 Å². The van der Waals surface area contributed by atoms with E-state index in [0.717, 1.165) is 18.4 Å². The highest BCUT2D eigenvalue weighted by atomic mass is 19.3. The Kier molecular flexibility index (Phi) is 3.79. The minimum absolute atomic E-state index is 0.0967. The molecule has 0 bridgehead atoms. The molecule has 1 saturated carbocycles. The number of carbonyl (C=O) groups excluding carboxylic acids is 1. The molecule has 0 N–H and O–H groups in total. The zero-order chi connectivity index (χ0) is 13.2. The van der Waals surface area contributed by atoms with Crippen LogP contribution in [0.15, 0.2) is 24.3 Å². The van der Waals surface area contributed by atoms with Crippen molar-refractivity contribution in [3.8, 4) is 0 Å². The summed E-state index contributed by atoms with van der Waals surface area (Å²) in [6.07, 6.45) is 2.57. The van der Waals surface area contributed by atoms with Crippen molar-refractivity contribution in [3.05, 3.63) is 35.4 Å². The maximum atomic E-state index is 13.6. The number of hydrogen-bond donors (Lipinski definition) is 0. The summed E-state index contributed by atoms with van der Waals surface area (Å²) in [6.45, 7) is 1.49. The predicted octanol–water partition coefficient (Wildman–Crippen LogP) is 4.42. The lowest BCUT2D eigenvalue weighted by atomic mass is 9.82. The highest BCUT2D eigenvalue weighted by Crippen LogP contribution is 2.36. The second kappa shape index (κ2) is 5.17. The van der Waals surface area contributed by atoms with E-state index in [1.54, 1.807) is 12.1 Å². The van der Waals surface area contributed by atoms with Gasteiger partial charge in [0.15, 0.2) is 0 Å². The van der Waals surface area contributed by atoms with Crippen molar-refractivity contribution in [2.75, 3.05) is 0 Å². The molecule has 0 unspecified atom stereocenters. The Labute approximate surface area is 106 Å². The van der Waals surface area contributed by atoms with Gasteiger partial charge < -0.3 is 0 Å². The molecule has 2 rings (SSSR count). The molecule has 1 aromatic rings. The summed E-state index contributed by atoms with van der Waals surface area (Å²) in [6, 6.07) is 6.70. The fraction of sp³-hybridized carbons (Fsp3) is 0.533. The first kappa shape index (κ1) is 13.2. The van der Waals surface area contributed by atoms with Crippen molar-refractivity contribution in [1.82, 2.24) is 0 Å². The van der Waals surface area contributed by atoms with Crippen LogP contribution >= 0.6 is 0 Å². The van der Waals surface area contributed by atoms with E-state index in [4.69, 9.17) is 0 Å². The van der Waals surface area contributed by atoms with Crippen LogP contribution in [0.25, 0.3) is 0 Å². The van der Waals surface area contributed by atoms with Gasteiger partial charge in [-0.3, -0.25) is 4.79 Å². The number of rotatable bonds is 3. The Morgan fingerprint density at radius 3 is 2.56 bits per heavy atom. The fourth-order valence-electron chi connectivity index (χ4n) is 2.50. The SMILES string of the molecule is CCC(F)(F)c1cccc(C2CCC(=O)CC2)c1. The van der Waals surface area contributed by atoms with Gasteiger partial charge in [-0.15, -0.1) is 0 Å². The quantitative estimate of drug-likeness (QED) is 0.778. The minimum Gasteiger partial charge on any atom is -0.300 e. The van der Waals surface area contributed by atoms with Crippen LogP contribution in [-0.2, 0) is 10.7 Å². The number of benzene rings is 1. The maximum absolute atomic E-state index is 13.6. The van der Waals surface area contributed by atoms with E-state index < -0.39 is 5.92 Å². The molecule has 0 spiro atoms. The fourth-order valence-corrected chi connectivity index (χ4v) is 2.50. The summed E-state index contributed by atoms with van der Waals surface area (Å²) in [5.41, 5.74) is 1.05. The first-order chi connectivity index (χ1) is 8.53. The van der Waals surface area contributed by atoms with Crippen molar-refractivity contribution in [1.29, 1.82) is 0 Å². The molecule has 1 fully saturated rings. The molecular weight excluding hydrogens is 234 g/mol. The van der Waals surface area contributed by atoms with Crippen molar-refractivity contribution in [2.24, 2.45) is 0 Å². The third-order valence-electron chi connectivity index (χ3n) is 3.77. The Bertz CT molecular complexity index is 430. The number of hydrogen-bond acceptors (Lipinski definition) is 1. The van der Waals surface area contributed by atoms with Gasteiger partial charge >= 0.3 is 0 Å². The second-order valence-corrected chi connectivity index (χ2v) is 5.00. The normalized spacial score (nSPS) is 18.1. The summed E-state index contributed by atoms with van der Waals surface area (Å²) in [5, 5.41) is 0. The zero-order valence-corrected chi connectivity index (χ0v) is 10.6. The van der Waals surface area contributed by atoms with Crippen molar-refractivity contribution in [3.63, 3.8) is 0 Å². The lowest BCUT2D eigenvalue weighted by molar-refractivity contribution is -0.120. The van der Waals surface area contributed by atoms with Crippen LogP contribution < -0.4 is 0 Å². The summed E-state index contributed by atoms with van der Waals surface area (Å²) >= 11 is 0. The van der Waals surface area contributed by atoms with Gasteiger partial charge in [0.1, 0.15) is 5.78 Å². The molecule has 0 aromatic heterocycles. The molecule has 1 aromatic carbocycles. The highest BCUT2D eigenvalue weighted by Gasteiger charge is 2.30. The molecule has 18 heavy (non-hydrogen) atoms. The third kappa shape index (κ3) is 2.77. The van der Waals surface area contributed by atoms with E-state index in [2.05, 4.69) is 0 Å². The molecule has 0 heterocycles. The van der Waals surface area contributed by atoms with Crippen molar-refractivity contribution < 1.29 is 13.6 Å². The van der Waals surface area contributed by atoms with Crippen LogP contribution in [0.1, 0.15) is 56.1 Å². The van der Waals surface area contributed by atoms with Crippen LogP contribution in [0.2, 0.25) is 0 Å². The monoisotopic (exact) mass is 252 g/mol. The molecule has 0 radical (unpaired) electrons. The molecule has 0 aliphatic heterocycles. The van der Waals surface area contributed by atoms with Crippen molar-refractivity contribution >= 4 is 5.78 Å². The minimum atomic E-state index is -2.75. The molecule has 0 amide bonds. The molecule has 3 heteroatoms. The number of carbonyl (C=O) groups is 1. The average molecular weight is 252 g/mol. The lowest BCUT2D eigenvalue weighted by Crippen LogP contribution is -2.15.